The Morgan fingerprint density at radius 1 is 1.20 bits per heavy atom. The molecule has 1 aliphatic rings. The molecule has 1 fully saturated rings. The molecule has 0 radical (unpaired) electrons. The molecule has 1 aliphatic carbocycles. The van der Waals surface area contributed by atoms with Crippen LogP contribution >= 0.6 is 0 Å². The van der Waals surface area contributed by atoms with Crippen molar-refractivity contribution in [3.8, 4) is 11.8 Å². The van der Waals surface area contributed by atoms with Crippen LogP contribution in [0.1, 0.15) is 32.1 Å². The number of aliphatic hydroxyl groups excluding tert-OH is 1. The number of hydrogen-bond acceptors (Lipinski definition) is 1. The molecule has 0 bridgehead atoms. The van der Waals surface area contributed by atoms with Crippen LogP contribution in [0.25, 0.3) is 0 Å². The quantitative estimate of drug-likeness (QED) is 0.545. The van der Waals surface area contributed by atoms with Gasteiger partial charge in [-0.05, 0) is 18.8 Å². The summed E-state index contributed by atoms with van der Waals surface area (Å²) in [6.45, 7) is 0.0206. The van der Waals surface area contributed by atoms with Crippen molar-refractivity contribution in [2.24, 2.45) is 5.92 Å². The van der Waals surface area contributed by atoms with Crippen molar-refractivity contribution in [2.45, 2.75) is 32.1 Å². The highest BCUT2D eigenvalue weighted by Gasteiger charge is 2.12. The first kappa shape index (κ1) is 7.63. The molecule has 0 aromatic carbocycles. The fourth-order valence-corrected chi connectivity index (χ4v) is 1.49. The monoisotopic (exact) mass is 138 g/mol. The van der Waals surface area contributed by atoms with Gasteiger partial charge in [-0.3, -0.25) is 0 Å². The summed E-state index contributed by atoms with van der Waals surface area (Å²) >= 11 is 0. The molecule has 1 saturated carbocycles. The van der Waals surface area contributed by atoms with E-state index in [1.807, 2.05) is 0 Å². The predicted molar refractivity (Wildman–Crippen MR) is 41.4 cm³/mol. The number of rotatable bonds is 1. The minimum Gasteiger partial charge on any atom is -0.384 e. The first-order valence-electron chi connectivity index (χ1n) is 4.00. The van der Waals surface area contributed by atoms with E-state index in [1.54, 1.807) is 0 Å². The zero-order valence-corrected chi connectivity index (χ0v) is 6.27. The minimum atomic E-state index is 0.0206. The third kappa shape index (κ3) is 2.41. The summed E-state index contributed by atoms with van der Waals surface area (Å²) in [5, 5.41) is 8.37. The van der Waals surface area contributed by atoms with Gasteiger partial charge in [-0.15, -0.1) is 5.92 Å². The minimum absolute atomic E-state index is 0.0206. The van der Waals surface area contributed by atoms with Crippen LogP contribution in [0.5, 0.6) is 0 Å². The maximum Gasteiger partial charge on any atom is 0.104 e. The van der Waals surface area contributed by atoms with Crippen molar-refractivity contribution >= 4 is 0 Å². The molecule has 0 aliphatic heterocycles. The first-order valence-corrected chi connectivity index (χ1v) is 4.00. The van der Waals surface area contributed by atoms with Gasteiger partial charge in [-0.1, -0.05) is 18.8 Å². The average molecular weight is 138 g/mol. The second-order valence-electron chi connectivity index (χ2n) is 2.87. The SMILES string of the molecule is OCC#CCC1CCCC1. The molecule has 1 heteroatoms. The van der Waals surface area contributed by atoms with Crippen molar-refractivity contribution in [3.63, 3.8) is 0 Å². The third-order valence-corrected chi connectivity index (χ3v) is 2.07. The van der Waals surface area contributed by atoms with Crippen LogP contribution in [0.2, 0.25) is 0 Å². The fraction of sp³-hybridized carbons (Fsp3) is 0.778. The Kier molecular flexibility index (Phi) is 3.32. The topological polar surface area (TPSA) is 20.2 Å². The molecule has 0 saturated heterocycles. The van der Waals surface area contributed by atoms with Crippen molar-refractivity contribution < 1.29 is 5.11 Å². The van der Waals surface area contributed by atoms with E-state index < -0.39 is 0 Å². The zero-order valence-electron chi connectivity index (χ0n) is 6.27. The predicted octanol–water partition coefficient (Wildman–Crippen LogP) is 1.56. The lowest BCUT2D eigenvalue weighted by atomic mass is 10.1. The van der Waals surface area contributed by atoms with E-state index in [0.717, 1.165) is 12.3 Å². The van der Waals surface area contributed by atoms with E-state index in [9.17, 15) is 0 Å². The summed E-state index contributed by atoms with van der Waals surface area (Å²) in [7, 11) is 0. The molecule has 0 atom stereocenters. The van der Waals surface area contributed by atoms with Gasteiger partial charge in [0.1, 0.15) is 6.61 Å². The smallest absolute Gasteiger partial charge is 0.104 e. The third-order valence-electron chi connectivity index (χ3n) is 2.07. The van der Waals surface area contributed by atoms with Crippen LogP contribution in [-0.2, 0) is 0 Å². The Labute approximate surface area is 62.4 Å². The van der Waals surface area contributed by atoms with Crippen molar-refractivity contribution in [3.05, 3.63) is 0 Å². The van der Waals surface area contributed by atoms with Gasteiger partial charge in [0.25, 0.3) is 0 Å². The summed E-state index contributed by atoms with van der Waals surface area (Å²) in [5.74, 6) is 6.49. The molecule has 0 unspecified atom stereocenters. The van der Waals surface area contributed by atoms with Gasteiger partial charge in [0.15, 0.2) is 0 Å². The fourth-order valence-electron chi connectivity index (χ4n) is 1.49. The molecular formula is C9H14O. The molecule has 0 heterocycles. The summed E-state index contributed by atoms with van der Waals surface area (Å²) in [5.41, 5.74) is 0. The molecule has 0 amide bonds. The molecule has 0 aromatic rings. The van der Waals surface area contributed by atoms with Crippen LogP contribution in [0.3, 0.4) is 0 Å². The second kappa shape index (κ2) is 4.35. The van der Waals surface area contributed by atoms with Gasteiger partial charge >= 0.3 is 0 Å². The normalized spacial score (nSPS) is 18.5. The Hall–Kier alpha value is -0.480. The summed E-state index contributed by atoms with van der Waals surface area (Å²) in [4.78, 5) is 0. The standard InChI is InChI=1S/C9H14O/c10-8-4-3-7-9-5-1-2-6-9/h9-10H,1-2,5-8H2. The van der Waals surface area contributed by atoms with Gasteiger partial charge < -0.3 is 5.11 Å². The van der Waals surface area contributed by atoms with Crippen LogP contribution < -0.4 is 0 Å². The summed E-state index contributed by atoms with van der Waals surface area (Å²) in [6, 6.07) is 0. The first-order chi connectivity index (χ1) is 4.93. The van der Waals surface area contributed by atoms with E-state index in [4.69, 9.17) is 5.11 Å². The van der Waals surface area contributed by atoms with E-state index in [-0.39, 0.29) is 6.61 Å². The van der Waals surface area contributed by atoms with Gasteiger partial charge in [0, 0.05) is 6.42 Å². The molecule has 1 rings (SSSR count). The largest absolute Gasteiger partial charge is 0.384 e. The van der Waals surface area contributed by atoms with Crippen molar-refractivity contribution in [1.82, 2.24) is 0 Å². The Morgan fingerprint density at radius 3 is 2.50 bits per heavy atom. The van der Waals surface area contributed by atoms with Gasteiger partial charge in [-0.25, -0.2) is 0 Å². The van der Waals surface area contributed by atoms with Gasteiger partial charge in [-0.2, -0.15) is 0 Å². The second-order valence-corrected chi connectivity index (χ2v) is 2.87. The highest BCUT2D eigenvalue weighted by Crippen LogP contribution is 2.26. The lowest BCUT2D eigenvalue weighted by Crippen LogP contribution is -1.89. The van der Waals surface area contributed by atoms with E-state index in [2.05, 4.69) is 11.8 Å². The lowest BCUT2D eigenvalue weighted by molar-refractivity contribution is 0.350. The van der Waals surface area contributed by atoms with E-state index in [0.29, 0.717) is 0 Å². The molecular weight excluding hydrogens is 124 g/mol. The molecule has 10 heavy (non-hydrogen) atoms. The Balaban J connectivity index is 2.12. The van der Waals surface area contributed by atoms with E-state index >= 15 is 0 Å². The van der Waals surface area contributed by atoms with Gasteiger partial charge in [0.05, 0.1) is 0 Å². The molecule has 1 nitrogen and oxygen atoms in total. The summed E-state index contributed by atoms with van der Waals surface area (Å²) < 4.78 is 0. The van der Waals surface area contributed by atoms with Crippen LogP contribution in [-0.4, -0.2) is 11.7 Å². The molecule has 1 N–H and O–H groups in total. The van der Waals surface area contributed by atoms with Gasteiger partial charge in [0.2, 0.25) is 0 Å². The van der Waals surface area contributed by atoms with Crippen LogP contribution in [0.15, 0.2) is 0 Å². The Morgan fingerprint density at radius 2 is 1.90 bits per heavy atom. The average Bonchev–Trinajstić information content (AvgIpc) is 2.41. The highest BCUT2D eigenvalue weighted by atomic mass is 16.2. The molecule has 0 aromatic heterocycles. The molecule has 56 valence electrons. The Bertz CT molecular complexity index is 135. The van der Waals surface area contributed by atoms with E-state index in [1.165, 1.54) is 25.7 Å². The molecule has 0 spiro atoms. The van der Waals surface area contributed by atoms with Crippen LogP contribution in [0.4, 0.5) is 0 Å². The maximum absolute atomic E-state index is 8.37. The van der Waals surface area contributed by atoms with Crippen molar-refractivity contribution in [1.29, 1.82) is 0 Å². The van der Waals surface area contributed by atoms with Crippen LogP contribution in [0, 0.1) is 17.8 Å². The number of aliphatic hydroxyl groups is 1. The highest BCUT2D eigenvalue weighted by molar-refractivity contribution is 5.00. The zero-order chi connectivity index (χ0) is 7.23. The maximum atomic E-state index is 8.37. The van der Waals surface area contributed by atoms with Crippen molar-refractivity contribution in [2.75, 3.05) is 6.61 Å². The number of hydrogen-bond donors (Lipinski definition) is 1. The summed E-state index contributed by atoms with van der Waals surface area (Å²) in [6.07, 6.45) is 6.46. The lowest BCUT2D eigenvalue weighted by Gasteiger charge is -1.99.